The molecule has 0 amide bonds. The van der Waals surface area contributed by atoms with Crippen LogP contribution in [0.25, 0.3) is 0 Å². The molecule has 78 valence electrons. The lowest BCUT2D eigenvalue weighted by Crippen LogP contribution is -2.00. The minimum Gasteiger partial charge on any atom is -0.463 e. The van der Waals surface area contributed by atoms with Gasteiger partial charge in [-0.3, -0.25) is 0 Å². The molecule has 1 N–H and O–H groups in total. The molecule has 0 bridgehead atoms. The maximum Gasteiger partial charge on any atom is 0.139 e. The lowest BCUT2D eigenvalue weighted by Gasteiger charge is -2.08. The van der Waals surface area contributed by atoms with E-state index in [1.807, 2.05) is 0 Å². The van der Waals surface area contributed by atoms with Crippen molar-refractivity contribution >= 4 is 0 Å². The normalized spacial score (nSPS) is 12.7. The Labute approximate surface area is 87.0 Å². The zero-order chi connectivity index (χ0) is 10.8. The first-order valence-corrected chi connectivity index (χ1v) is 4.67. The lowest BCUT2D eigenvalue weighted by molar-refractivity contribution is 0.183. The third-order valence-electron chi connectivity index (χ3n) is 2.23. The van der Waals surface area contributed by atoms with Gasteiger partial charge in [-0.25, -0.2) is 4.39 Å². The van der Waals surface area contributed by atoms with Crippen LogP contribution < -0.4 is 0 Å². The van der Waals surface area contributed by atoms with Crippen molar-refractivity contribution in [3.8, 4) is 0 Å². The third kappa shape index (κ3) is 1.92. The molecule has 0 fully saturated rings. The number of hydrogen-bond donors (Lipinski definition) is 1. The first kappa shape index (κ1) is 9.93. The van der Waals surface area contributed by atoms with Gasteiger partial charge in [-0.2, -0.15) is 0 Å². The molecular weight excluding hydrogens is 195 g/mol. The molecule has 1 heterocycles. The van der Waals surface area contributed by atoms with Crippen LogP contribution in [0.5, 0.6) is 0 Å². The molecular formula is C12H11FO2. The monoisotopic (exact) mass is 206 g/mol. The summed E-state index contributed by atoms with van der Waals surface area (Å²) in [6.07, 6.45) is -1.04. The van der Waals surface area contributed by atoms with Gasteiger partial charge in [0, 0.05) is 5.56 Å². The summed E-state index contributed by atoms with van der Waals surface area (Å²) in [5.74, 6) is 0.622. The predicted octanol–water partition coefficient (Wildman–Crippen LogP) is 2.81. The maximum absolute atomic E-state index is 13.3. The van der Waals surface area contributed by atoms with Gasteiger partial charge < -0.3 is 9.52 Å². The van der Waals surface area contributed by atoms with E-state index < -0.39 is 11.9 Å². The zero-order valence-corrected chi connectivity index (χ0v) is 8.27. The molecule has 1 unspecified atom stereocenters. The Hall–Kier alpha value is -1.61. The summed E-state index contributed by atoms with van der Waals surface area (Å²) in [6.45, 7) is 1.78. The number of hydrogen-bond acceptors (Lipinski definition) is 2. The van der Waals surface area contributed by atoms with E-state index in [2.05, 4.69) is 0 Å². The SMILES string of the molecule is Cc1ccc(C(O)c2ccccc2F)o1. The molecule has 0 saturated heterocycles. The molecule has 15 heavy (non-hydrogen) atoms. The summed E-state index contributed by atoms with van der Waals surface area (Å²) in [7, 11) is 0. The van der Waals surface area contributed by atoms with Crippen LogP contribution in [0.15, 0.2) is 40.8 Å². The highest BCUT2D eigenvalue weighted by Crippen LogP contribution is 2.25. The van der Waals surface area contributed by atoms with E-state index in [4.69, 9.17) is 4.42 Å². The van der Waals surface area contributed by atoms with Crippen molar-refractivity contribution < 1.29 is 13.9 Å². The molecule has 2 nitrogen and oxygen atoms in total. The molecule has 0 saturated carbocycles. The minimum absolute atomic E-state index is 0.229. The number of aliphatic hydroxyl groups excluding tert-OH is 1. The zero-order valence-electron chi connectivity index (χ0n) is 8.27. The van der Waals surface area contributed by atoms with Crippen molar-refractivity contribution in [1.29, 1.82) is 0 Å². The van der Waals surface area contributed by atoms with Gasteiger partial charge in [0.25, 0.3) is 0 Å². The van der Waals surface area contributed by atoms with Crippen LogP contribution in [0.1, 0.15) is 23.2 Å². The number of aliphatic hydroxyl groups is 1. The van der Waals surface area contributed by atoms with Crippen LogP contribution >= 0.6 is 0 Å². The Bertz CT molecular complexity index is 462. The van der Waals surface area contributed by atoms with Gasteiger partial charge in [0.05, 0.1) is 0 Å². The van der Waals surface area contributed by atoms with Gasteiger partial charge in [-0.05, 0) is 25.1 Å². The molecule has 0 spiro atoms. The first-order chi connectivity index (χ1) is 7.18. The fraction of sp³-hybridized carbons (Fsp3) is 0.167. The van der Waals surface area contributed by atoms with Crippen LogP contribution in [-0.4, -0.2) is 5.11 Å². The Morgan fingerprint density at radius 2 is 1.93 bits per heavy atom. The maximum atomic E-state index is 13.3. The Morgan fingerprint density at radius 3 is 2.53 bits per heavy atom. The average molecular weight is 206 g/mol. The standard InChI is InChI=1S/C12H11FO2/c1-8-6-7-11(15-8)12(14)9-4-2-3-5-10(9)13/h2-7,12,14H,1H3. The first-order valence-electron chi connectivity index (χ1n) is 4.67. The summed E-state index contributed by atoms with van der Waals surface area (Å²) in [5, 5.41) is 9.85. The second kappa shape index (κ2) is 3.87. The van der Waals surface area contributed by atoms with Gasteiger partial charge in [-0.15, -0.1) is 0 Å². The van der Waals surface area contributed by atoms with Gasteiger partial charge in [0.2, 0.25) is 0 Å². The lowest BCUT2D eigenvalue weighted by atomic mass is 10.1. The van der Waals surface area contributed by atoms with E-state index in [1.54, 1.807) is 31.2 Å². The number of aryl methyl sites for hydroxylation is 1. The molecule has 0 radical (unpaired) electrons. The molecule has 1 atom stereocenters. The second-order valence-electron chi connectivity index (χ2n) is 3.37. The van der Waals surface area contributed by atoms with Gasteiger partial charge >= 0.3 is 0 Å². The number of halogens is 1. The predicted molar refractivity (Wildman–Crippen MR) is 53.9 cm³/mol. The van der Waals surface area contributed by atoms with E-state index in [-0.39, 0.29) is 5.56 Å². The van der Waals surface area contributed by atoms with Crippen LogP contribution in [0.3, 0.4) is 0 Å². The minimum atomic E-state index is -1.04. The van der Waals surface area contributed by atoms with Crippen LogP contribution in [0, 0.1) is 12.7 Å². The van der Waals surface area contributed by atoms with Crippen molar-refractivity contribution in [3.05, 3.63) is 59.3 Å². The molecule has 3 heteroatoms. The molecule has 0 aliphatic rings. The molecule has 1 aromatic heterocycles. The second-order valence-corrected chi connectivity index (χ2v) is 3.37. The molecule has 0 aliphatic carbocycles. The van der Waals surface area contributed by atoms with Crippen LogP contribution in [0.4, 0.5) is 4.39 Å². The highest BCUT2D eigenvalue weighted by molar-refractivity contribution is 5.26. The molecule has 1 aromatic carbocycles. The average Bonchev–Trinajstić information content (AvgIpc) is 2.65. The molecule has 2 rings (SSSR count). The summed E-state index contributed by atoms with van der Waals surface area (Å²) in [6, 6.07) is 9.49. The smallest absolute Gasteiger partial charge is 0.139 e. The summed E-state index contributed by atoms with van der Waals surface area (Å²) < 4.78 is 18.6. The van der Waals surface area contributed by atoms with Crippen molar-refractivity contribution in [2.75, 3.05) is 0 Å². The fourth-order valence-corrected chi connectivity index (χ4v) is 1.45. The van der Waals surface area contributed by atoms with Crippen LogP contribution in [0.2, 0.25) is 0 Å². The summed E-state index contributed by atoms with van der Waals surface area (Å²) in [4.78, 5) is 0. The fourth-order valence-electron chi connectivity index (χ4n) is 1.45. The number of furan rings is 1. The third-order valence-corrected chi connectivity index (χ3v) is 2.23. The van der Waals surface area contributed by atoms with E-state index >= 15 is 0 Å². The van der Waals surface area contributed by atoms with Crippen LogP contribution in [-0.2, 0) is 0 Å². The van der Waals surface area contributed by atoms with Crippen molar-refractivity contribution in [1.82, 2.24) is 0 Å². The highest BCUT2D eigenvalue weighted by atomic mass is 19.1. The van der Waals surface area contributed by atoms with E-state index in [0.29, 0.717) is 11.5 Å². The summed E-state index contributed by atoms with van der Waals surface area (Å²) >= 11 is 0. The van der Waals surface area contributed by atoms with Gasteiger partial charge in [0.15, 0.2) is 0 Å². The van der Waals surface area contributed by atoms with Crippen molar-refractivity contribution in [3.63, 3.8) is 0 Å². The van der Waals surface area contributed by atoms with E-state index in [0.717, 1.165) is 0 Å². The van der Waals surface area contributed by atoms with Crippen molar-refractivity contribution in [2.24, 2.45) is 0 Å². The number of rotatable bonds is 2. The summed E-state index contributed by atoms with van der Waals surface area (Å²) in [5.41, 5.74) is 0.229. The molecule has 0 aliphatic heterocycles. The van der Waals surface area contributed by atoms with Crippen molar-refractivity contribution in [2.45, 2.75) is 13.0 Å². The highest BCUT2D eigenvalue weighted by Gasteiger charge is 2.17. The quantitative estimate of drug-likeness (QED) is 0.819. The topological polar surface area (TPSA) is 33.4 Å². The van der Waals surface area contributed by atoms with Gasteiger partial charge in [0.1, 0.15) is 23.4 Å². The largest absolute Gasteiger partial charge is 0.463 e. The molecule has 2 aromatic rings. The Kier molecular flexibility index (Phi) is 2.56. The van der Waals surface area contributed by atoms with Gasteiger partial charge in [-0.1, -0.05) is 18.2 Å². The Balaban J connectivity index is 2.36. The number of benzene rings is 1. The Morgan fingerprint density at radius 1 is 1.20 bits per heavy atom. The van der Waals surface area contributed by atoms with E-state index in [9.17, 15) is 9.50 Å². The van der Waals surface area contributed by atoms with E-state index in [1.165, 1.54) is 12.1 Å².